The third kappa shape index (κ3) is 7.10. The number of carbonyl (C=O) groups is 2. The van der Waals surface area contributed by atoms with Crippen LogP contribution in [0.15, 0.2) is 30.3 Å². The Labute approximate surface area is 185 Å². The molecule has 1 aromatic carbocycles. The normalized spacial score (nSPS) is 11.3. The van der Waals surface area contributed by atoms with E-state index >= 15 is 0 Å². The molecule has 3 amide bonds. The third-order valence-electron chi connectivity index (χ3n) is 4.75. The Kier molecular flexibility index (Phi) is 8.62. The number of carbonyl (C=O) groups excluding carboxylic acids is 2. The third-order valence-corrected chi connectivity index (χ3v) is 4.75. The van der Waals surface area contributed by atoms with Gasteiger partial charge >= 0.3 is 6.03 Å². The van der Waals surface area contributed by atoms with E-state index in [9.17, 15) is 9.59 Å². The number of benzene rings is 1. The maximum atomic E-state index is 12.9. The quantitative estimate of drug-likeness (QED) is 0.597. The summed E-state index contributed by atoms with van der Waals surface area (Å²) in [6.07, 6.45) is 0.649. The average Bonchev–Trinajstić information content (AvgIpc) is 3.12. The van der Waals surface area contributed by atoms with Gasteiger partial charge in [0.15, 0.2) is 0 Å². The molecular formula is C23H35N5O3. The van der Waals surface area contributed by atoms with Crippen molar-refractivity contribution >= 4 is 17.8 Å². The van der Waals surface area contributed by atoms with Gasteiger partial charge < -0.3 is 20.3 Å². The molecule has 0 spiro atoms. The Balaban J connectivity index is 2.24. The molecule has 0 saturated heterocycles. The summed E-state index contributed by atoms with van der Waals surface area (Å²) < 4.78 is 6.81. The van der Waals surface area contributed by atoms with Crippen LogP contribution in [0.1, 0.15) is 45.4 Å². The number of amides is 3. The summed E-state index contributed by atoms with van der Waals surface area (Å²) >= 11 is 0. The highest BCUT2D eigenvalue weighted by Crippen LogP contribution is 2.26. The summed E-state index contributed by atoms with van der Waals surface area (Å²) in [5.74, 6) is 0.295. The minimum absolute atomic E-state index is 0.0561. The molecule has 0 fully saturated rings. The summed E-state index contributed by atoms with van der Waals surface area (Å²) in [6.45, 7) is 11.5. The highest BCUT2D eigenvalue weighted by molar-refractivity contribution is 5.94. The second kappa shape index (κ2) is 10.9. The molecule has 0 unspecified atom stereocenters. The van der Waals surface area contributed by atoms with Crippen LogP contribution in [0.5, 0.6) is 0 Å². The summed E-state index contributed by atoms with van der Waals surface area (Å²) in [4.78, 5) is 26.7. The number of aromatic nitrogens is 2. The SMILES string of the molecule is CCNC(=O)N(CCCOC)CC(=O)Nc1cc(C(C)(C)C)nn1-c1ccc(C)cc1. The van der Waals surface area contributed by atoms with E-state index in [4.69, 9.17) is 9.84 Å². The first-order chi connectivity index (χ1) is 14.7. The number of hydrogen-bond acceptors (Lipinski definition) is 4. The molecule has 2 N–H and O–H groups in total. The fourth-order valence-electron chi connectivity index (χ4n) is 2.99. The van der Waals surface area contributed by atoms with Gasteiger partial charge in [-0.2, -0.15) is 5.10 Å². The maximum Gasteiger partial charge on any atom is 0.317 e. The number of nitrogens with one attached hydrogen (secondary N) is 2. The van der Waals surface area contributed by atoms with Gasteiger partial charge in [0.25, 0.3) is 0 Å². The van der Waals surface area contributed by atoms with Gasteiger partial charge in [-0.05, 0) is 32.4 Å². The first kappa shape index (κ1) is 24.4. The number of methoxy groups -OCH3 is 1. The van der Waals surface area contributed by atoms with Crippen LogP contribution in [0, 0.1) is 6.92 Å². The topological polar surface area (TPSA) is 88.5 Å². The van der Waals surface area contributed by atoms with E-state index in [1.54, 1.807) is 11.8 Å². The Morgan fingerprint density at radius 1 is 1.19 bits per heavy atom. The molecule has 2 aromatic rings. The van der Waals surface area contributed by atoms with Crippen molar-refractivity contribution in [1.29, 1.82) is 0 Å². The van der Waals surface area contributed by atoms with Crippen molar-refractivity contribution in [3.05, 3.63) is 41.6 Å². The van der Waals surface area contributed by atoms with E-state index in [-0.39, 0.29) is 23.9 Å². The minimum Gasteiger partial charge on any atom is -0.385 e. The lowest BCUT2D eigenvalue weighted by Gasteiger charge is -2.22. The van der Waals surface area contributed by atoms with Crippen LogP contribution in [0.4, 0.5) is 10.6 Å². The van der Waals surface area contributed by atoms with E-state index in [0.29, 0.717) is 31.9 Å². The molecule has 8 heteroatoms. The molecule has 0 radical (unpaired) electrons. The molecular weight excluding hydrogens is 394 g/mol. The van der Waals surface area contributed by atoms with Crippen molar-refractivity contribution in [1.82, 2.24) is 20.0 Å². The lowest BCUT2D eigenvalue weighted by Crippen LogP contribution is -2.44. The van der Waals surface area contributed by atoms with Gasteiger partial charge in [0.05, 0.1) is 11.4 Å². The predicted molar refractivity (Wildman–Crippen MR) is 123 cm³/mol. The van der Waals surface area contributed by atoms with Gasteiger partial charge in [-0.25, -0.2) is 9.48 Å². The number of nitrogens with zero attached hydrogens (tertiary/aromatic N) is 3. The Hall–Kier alpha value is -2.87. The molecule has 0 bridgehead atoms. The van der Waals surface area contributed by atoms with Crippen molar-refractivity contribution in [2.75, 3.05) is 38.7 Å². The molecule has 2 rings (SSSR count). The fraction of sp³-hybridized carbons (Fsp3) is 0.522. The van der Waals surface area contributed by atoms with Crippen molar-refractivity contribution in [2.45, 2.75) is 46.5 Å². The van der Waals surface area contributed by atoms with Crippen LogP contribution in [0.25, 0.3) is 5.69 Å². The van der Waals surface area contributed by atoms with Crippen LogP contribution < -0.4 is 10.6 Å². The molecule has 0 aliphatic heterocycles. The lowest BCUT2D eigenvalue weighted by atomic mass is 9.92. The monoisotopic (exact) mass is 429 g/mol. The Morgan fingerprint density at radius 3 is 2.45 bits per heavy atom. The summed E-state index contributed by atoms with van der Waals surface area (Å²) in [5.41, 5.74) is 2.69. The summed E-state index contributed by atoms with van der Waals surface area (Å²) in [5, 5.41) is 10.4. The van der Waals surface area contributed by atoms with Crippen molar-refractivity contribution in [3.63, 3.8) is 0 Å². The van der Waals surface area contributed by atoms with E-state index in [2.05, 4.69) is 31.4 Å². The van der Waals surface area contributed by atoms with E-state index in [1.165, 1.54) is 4.90 Å². The lowest BCUT2D eigenvalue weighted by molar-refractivity contribution is -0.116. The van der Waals surface area contributed by atoms with Crippen LogP contribution in [-0.2, 0) is 14.9 Å². The number of anilines is 1. The number of ether oxygens (including phenoxy) is 1. The highest BCUT2D eigenvalue weighted by Gasteiger charge is 2.23. The summed E-state index contributed by atoms with van der Waals surface area (Å²) in [7, 11) is 1.61. The number of urea groups is 1. The van der Waals surface area contributed by atoms with Crippen molar-refractivity contribution in [3.8, 4) is 5.69 Å². The standard InChI is InChI=1S/C23H35N5O3/c1-7-24-22(30)27(13-8-14-31-6)16-21(29)25-20-15-19(23(3,4)5)26-28(20)18-11-9-17(2)10-12-18/h9-12,15H,7-8,13-14,16H2,1-6H3,(H,24,30)(H,25,29). The second-order valence-electron chi connectivity index (χ2n) is 8.56. The first-order valence-electron chi connectivity index (χ1n) is 10.6. The van der Waals surface area contributed by atoms with Gasteiger partial charge in [-0.15, -0.1) is 0 Å². The van der Waals surface area contributed by atoms with Crippen LogP contribution in [0.2, 0.25) is 0 Å². The van der Waals surface area contributed by atoms with Crippen molar-refractivity contribution < 1.29 is 14.3 Å². The summed E-state index contributed by atoms with van der Waals surface area (Å²) in [6, 6.07) is 9.57. The second-order valence-corrected chi connectivity index (χ2v) is 8.56. The zero-order valence-electron chi connectivity index (χ0n) is 19.5. The number of rotatable bonds is 9. The zero-order valence-corrected chi connectivity index (χ0v) is 19.5. The van der Waals surface area contributed by atoms with E-state index in [0.717, 1.165) is 16.9 Å². The van der Waals surface area contributed by atoms with Gasteiger partial charge in [0.2, 0.25) is 5.91 Å². The molecule has 0 atom stereocenters. The smallest absolute Gasteiger partial charge is 0.317 e. The molecule has 0 aliphatic rings. The predicted octanol–water partition coefficient (Wildman–Crippen LogP) is 3.48. The molecule has 170 valence electrons. The van der Waals surface area contributed by atoms with Gasteiger partial charge in [0.1, 0.15) is 12.4 Å². The van der Waals surface area contributed by atoms with Gasteiger partial charge in [-0.3, -0.25) is 4.79 Å². The number of aryl methyl sites for hydroxylation is 1. The molecule has 1 aromatic heterocycles. The van der Waals surface area contributed by atoms with Gasteiger partial charge in [0, 0.05) is 38.3 Å². The van der Waals surface area contributed by atoms with E-state index in [1.807, 2.05) is 44.2 Å². The Morgan fingerprint density at radius 2 is 1.87 bits per heavy atom. The minimum atomic E-state index is -0.280. The molecule has 0 aliphatic carbocycles. The van der Waals surface area contributed by atoms with Crippen molar-refractivity contribution in [2.24, 2.45) is 0 Å². The zero-order chi connectivity index (χ0) is 23.0. The van der Waals surface area contributed by atoms with Crippen LogP contribution in [0.3, 0.4) is 0 Å². The van der Waals surface area contributed by atoms with Gasteiger partial charge in [-0.1, -0.05) is 38.5 Å². The molecule has 31 heavy (non-hydrogen) atoms. The fourth-order valence-corrected chi connectivity index (χ4v) is 2.99. The highest BCUT2D eigenvalue weighted by atomic mass is 16.5. The first-order valence-corrected chi connectivity index (χ1v) is 10.6. The van der Waals surface area contributed by atoms with Crippen LogP contribution >= 0.6 is 0 Å². The number of hydrogen-bond donors (Lipinski definition) is 2. The average molecular weight is 430 g/mol. The molecule has 1 heterocycles. The van der Waals surface area contributed by atoms with Crippen LogP contribution in [-0.4, -0.2) is 60.0 Å². The maximum absolute atomic E-state index is 12.9. The van der Waals surface area contributed by atoms with E-state index < -0.39 is 0 Å². The largest absolute Gasteiger partial charge is 0.385 e. The Bertz CT molecular complexity index is 868. The molecule has 0 saturated carbocycles. The molecule has 8 nitrogen and oxygen atoms in total.